The van der Waals surface area contributed by atoms with Gasteiger partial charge in [-0.3, -0.25) is 9.59 Å². The van der Waals surface area contributed by atoms with Crippen molar-refractivity contribution in [1.82, 2.24) is 4.90 Å². The molecule has 0 aromatic heterocycles. The Balaban J connectivity index is 2.25. The molecule has 0 radical (unpaired) electrons. The lowest BCUT2D eigenvalue weighted by atomic mass is 10.1. The second-order valence-corrected chi connectivity index (χ2v) is 5.27. The molecule has 1 unspecified atom stereocenters. The lowest BCUT2D eigenvalue weighted by molar-refractivity contribution is -0.148. The first-order valence-corrected chi connectivity index (χ1v) is 7.02. The van der Waals surface area contributed by atoms with Gasteiger partial charge in [0.2, 0.25) is 5.91 Å². The molecule has 1 fully saturated rings. The van der Waals surface area contributed by atoms with Crippen LogP contribution in [0.5, 0.6) is 0 Å². The Kier molecular flexibility index (Phi) is 6.16. The molecular formula is C14H25NO3. The number of carbonyl (C=O) groups is 2. The van der Waals surface area contributed by atoms with Gasteiger partial charge >= 0.3 is 5.97 Å². The predicted octanol–water partition coefficient (Wildman–Crippen LogP) is 2.37. The lowest BCUT2D eigenvalue weighted by Crippen LogP contribution is -2.33. The highest BCUT2D eigenvalue weighted by molar-refractivity contribution is 5.86. The molecule has 18 heavy (non-hydrogen) atoms. The van der Waals surface area contributed by atoms with Gasteiger partial charge in [-0.25, -0.2) is 0 Å². The van der Waals surface area contributed by atoms with Crippen LogP contribution in [0.3, 0.4) is 0 Å². The van der Waals surface area contributed by atoms with E-state index in [1.807, 2.05) is 13.8 Å². The van der Waals surface area contributed by atoms with E-state index in [-0.39, 0.29) is 23.8 Å². The van der Waals surface area contributed by atoms with Crippen molar-refractivity contribution < 1.29 is 14.3 Å². The molecule has 1 saturated heterocycles. The minimum atomic E-state index is -0.258. The number of amides is 1. The van der Waals surface area contributed by atoms with Gasteiger partial charge in [0.25, 0.3) is 0 Å². The molecule has 0 aromatic rings. The van der Waals surface area contributed by atoms with Crippen LogP contribution in [0.4, 0.5) is 0 Å². The Bertz CT molecular complexity index is 289. The largest absolute Gasteiger partial charge is 0.465 e. The van der Waals surface area contributed by atoms with Crippen LogP contribution in [0.15, 0.2) is 0 Å². The number of esters is 1. The summed E-state index contributed by atoms with van der Waals surface area (Å²) in [6, 6.07) is 0.167. The predicted molar refractivity (Wildman–Crippen MR) is 70.1 cm³/mol. The minimum Gasteiger partial charge on any atom is -0.465 e. The van der Waals surface area contributed by atoms with Gasteiger partial charge in [-0.1, -0.05) is 26.2 Å². The summed E-state index contributed by atoms with van der Waals surface area (Å²) in [5.74, 6) is -0.396. The molecule has 0 saturated carbocycles. The first-order valence-electron chi connectivity index (χ1n) is 7.02. The number of unbranched alkanes of at least 4 members (excludes halogenated alkanes) is 3. The van der Waals surface area contributed by atoms with Crippen LogP contribution in [0.2, 0.25) is 0 Å². The molecule has 1 heterocycles. The van der Waals surface area contributed by atoms with Crippen molar-refractivity contribution in [3.8, 4) is 0 Å². The number of hydrogen-bond acceptors (Lipinski definition) is 3. The van der Waals surface area contributed by atoms with E-state index in [9.17, 15) is 9.59 Å². The van der Waals surface area contributed by atoms with E-state index in [0.29, 0.717) is 19.6 Å². The quantitative estimate of drug-likeness (QED) is 0.518. The van der Waals surface area contributed by atoms with E-state index in [4.69, 9.17) is 4.74 Å². The lowest BCUT2D eigenvalue weighted by Gasteiger charge is -2.20. The van der Waals surface area contributed by atoms with Crippen LogP contribution < -0.4 is 0 Å². The first kappa shape index (κ1) is 15.0. The van der Waals surface area contributed by atoms with Crippen molar-refractivity contribution in [3.63, 3.8) is 0 Å². The Hall–Kier alpha value is -1.06. The van der Waals surface area contributed by atoms with Gasteiger partial charge in [0.15, 0.2) is 0 Å². The molecule has 0 N–H and O–H groups in total. The highest BCUT2D eigenvalue weighted by atomic mass is 16.5. The van der Waals surface area contributed by atoms with Gasteiger partial charge in [0.05, 0.1) is 12.5 Å². The van der Waals surface area contributed by atoms with E-state index >= 15 is 0 Å². The van der Waals surface area contributed by atoms with Crippen LogP contribution in [0.25, 0.3) is 0 Å². The summed E-state index contributed by atoms with van der Waals surface area (Å²) in [4.78, 5) is 25.2. The summed E-state index contributed by atoms with van der Waals surface area (Å²) in [5, 5.41) is 0. The first-order chi connectivity index (χ1) is 8.56. The number of nitrogens with zero attached hydrogens (tertiary/aromatic N) is 1. The van der Waals surface area contributed by atoms with Gasteiger partial charge in [-0.05, 0) is 20.3 Å². The van der Waals surface area contributed by atoms with Gasteiger partial charge in [-0.2, -0.15) is 0 Å². The number of carbonyl (C=O) groups excluding carboxylic acids is 2. The standard InChI is InChI=1S/C14H25NO3/c1-4-5-6-7-8-18-14(17)12-9-13(16)15(10-12)11(2)3/h11-12H,4-10H2,1-3H3. The highest BCUT2D eigenvalue weighted by Gasteiger charge is 2.36. The van der Waals surface area contributed by atoms with E-state index in [2.05, 4.69) is 6.92 Å². The fourth-order valence-electron chi connectivity index (χ4n) is 2.21. The van der Waals surface area contributed by atoms with Crippen molar-refractivity contribution in [2.45, 2.75) is 58.9 Å². The molecule has 0 aliphatic carbocycles. The van der Waals surface area contributed by atoms with Crippen LogP contribution in [-0.2, 0) is 14.3 Å². The number of rotatable bonds is 7. The van der Waals surface area contributed by atoms with Crippen LogP contribution in [0.1, 0.15) is 52.9 Å². The molecule has 4 nitrogen and oxygen atoms in total. The third-order valence-electron chi connectivity index (χ3n) is 3.36. The zero-order valence-corrected chi connectivity index (χ0v) is 11.8. The maximum absolute atomic E-state index is 11.8. The zero-order chi connectivity index (χ0) is 13.5. The van der Waals surface area contributed by atoms with Crippen molar-refractivity contribution >= 4 is 11.9 Å². The molecule has 0 spiro atoms. The monoisotopic (exact) mass is 255 g/mol. The molecule has 1 aliphatic rings. The molecule has 0 aromatic carbocycles. The van der Waals surface area contributed by atoms with Gasteiger partial charge < -0.3 is 9.64 Å². The third kappa shape index (κ3) is 4.31. The van der Waals surface area contributed by atoms with Crippen LogP contribution in [0, 0.1) is 5.92 Å². The fraction of sp³-hybridized carbons (Fsp3) is 0.857. The average molecular weight is 255 g/mol. The van der Waals surface area contributed by atoms with Crippen molar-refractivity contribution in [1.29, 1.82) is 0 Å². The number of ether oxygens (including phenoxy) is 1. The minimum absolute atomic E-state index is 0.0675. The molecular weight excluding hydrogens is 230 g/mol. The van der Waals surface area contributed by atoms with Gasteiger partial charge in [-0.15, -0.1) is 0 Å². The normalized spacial score (nSPS) is 19.7. The molecule has 1 aliphatic heterocycles. The molecule has 1 amide bonds. The van der Waals surface area contributed by atoms with E-state index in [1.165, 1.54) is 12.8 Å². The summed E-state index contributed by atoms with van der Waals surface area (Å²) in [6.07, 6.45) is 4.70. The Labute approximate surface area is 110 Å². The van der Waals surface area contributed by atoms with Gasteiger partial charge in [0, 0.05) is 19.0 Å². The second-order valence-electron chi connectivity index (χ2n) is 5.27. The second kappa shape index (κ2) is 7.39. The Morgan fingerprint density at radius 2 is 2.11 bits per heavy atom. The average Bonchev–Trinajstić information content (AvgIpc) is 2.71. The van der Waals surface area contributed by atoms with Crippen molar-refractivity contribution in [2.75, 3.05) is 13.2 Å². The van der Waals surface area contributed by atoms with Crippen molar-refractivity contribution in [2.24, 2.45) is 5.92 Å². The SMILES string of the molecule is CCCCCCOC(=O)C1CC(=O)N(C(C)C)C1. The van der Waals surface area contributed by atoms with E-state index in [0.717, 1.165) is 12.8 Å². The van der Waals surface area contributed by atoms with Crippen LogP contribution >= 0.6 is 0 Å². The molecule has 1 rings (SSSR count). The Morgan fingerprint density at radius 3 is 2.67 bits per heavy atom. The van der Waals surface area contributed by atoms with E-state index in [1.54, 1.807) is 4.90 Å². The van der Waals surface area contributed by atoms with Gasteiger partial charge in [0.1, 0.15) is 0 Å². The number of likely N-dealkylation sites (tertiary alicyclic amines) is 1. The zero-order valence-electron chi connectivity index (χ0n) is 11.8. The summed E-state index contributed by atoms with van der Waals surface area (Å²) in [6.45, 7) is 7.10. The fourth-order valence-corrected chi connectivity index (χ4v) is 2.21. The summed E-state index contributed by atoms with van der Waals surface area (Å²) in [7, 11) is 0. The maximum atomic E-state index is 11.8. The molecule has 1 atom stereocenters. The third-order valence-corrected chi connectivity index (χ3v) is 3.36. The summed E-state index contributed by atoms with van der Waals surface area (Å²) >= 11 is 0. The smallest absolute Gasteiger partial charge is 0.311 e. The summed E-state index contributed by atoms with van der Waals surface area (Å²) < 4.78 is 5.23. The Morgan fingerprint density at radius 1 is 1.39 bits per heavy atom. The molecule has 104 valence electrons. The number of hydrogen-bond donors (Lipinski definition) is 0. The van der Waals surface area contributed by atoms with Crippen LogP contribution in [-0.4, -0.2) is 36.0 Å². The maximum Gasteiger partial charge on any atom is 0.311 e. The molecule has 0 bridgehead atoms. The van der Waals surface area contributed by atoms with Crippen molar-refractivity contribution in [3.05, 3.63) is 0 Å². The highest BCUT2D eigenvalue weighted by Crippen LogP contribution is 2.21. The summed E-state index contributed by atoms with van der Waals surface area (Å²) in [5.41, 5.74) is 0. The molecule has 4 heteroatoms. The topological polar surface area (TPSA) is 46.6 Å². The van der Waals surface area contributed by atoms with E-state index < -0.39 is 0 Å².